The number of furan rings is 1. The first kappa shape index (κ1) is 10.8. The number of carbonyl (C=O) groups is 1. The molecule has 4 heteroatoms. The highest BCUT2D eigenvalue weighted by molar-refractivity contribution is 5.97. The summed E-state index contributed by atoms with van der Waals surface area (Å²) in [5.41, 5.74) is 0.516. The number of hydrogen-bond acceptors (Lipinski definition) is 3. The summed E-state index contributed by atoms with van der Waals surface area (Å²) in [6.45, 7) is 0.351. The maximum atomic E-state index is 12.9. The molecule has 0 saturated heterocycles. The molecule has 0 bridgehead atoms. The molecule has 3 nitrogen and oxygen atoms in total. The number of benzene rings is 1. The average Bonchev–Trinajstić information content (AvgIpc) is 2.68. The van der Waals surface area contributed by atoms with Crippen LogP contribution in [0.3, 0.4) is 0 Å². The Kier molecular flexibility index (Phi) is 3.01. The first-order valence-electron chi connectivity index (χ1n) is 4.92. The van der Waals surface area contributed by atoms with Crippen LogP contribution in [0.15, 0.2) is 28.7 Å². The lowest BCUT2D eigenvalue weighted by atomic mass is 10.2. The number of carbonyl (C=O) groups excluding carboxylic acids is 1. The normalized spacial score (nSPS) is 10.9. The molecule has 0 unspecified atom stereocenters. The predicted octanol–water partition coefficient (Wildman–Crippen LogP) is 2.79. The van der Waals surface area contributed by atoms with Gasteiger partial charge < -0.3 is 9.15 Å². The van der Waals surface area contributed by atoms with E-state index in [9.17, 15) is 9.18 Å². The fourth-order valence-corrected chi connectivity index (χ4v) is 1.47. The first-order chi connectivity index (χ1) is 7.70. The molecule has 16 heavy (non-hydrogen) atoms. The Morgan fingerprint density at radius 3 is 3.00 bits per heavy atom. The van der Waals surface area contributed by atoms with Crippen LogP contribution in [-0.4, -0.2) is 19.5 Å². The van der Waals surface area contributed by atoms with Gasteiger partial charge in [-0.1, -0.05) is 0 Å². The zero-order valence-corrected chi connectivity index (χ0v) is 8.83. The van der Waals surface area contributed by atoms with Crippen LogP contribution < -0.4 is 0 Å². The standard InChI is InChI=1S/C12H11FO3/c1-15-5-4-10(14)12-7-8-6-9(13)2-3-11(8)16-12/h2-3,6-7H,4-5H2,1H3. The summed E-state index contributed by atoms with van der Waals surface area (Å²) in [6, 6.07) is 5.70. The molecule has 0 spiro atoms. The predicted molar refractivity (Wildman–Crippen MR) is 57.0 cm³/mol. The van der Waals surface area contributed by atoms with Gasteiger partial charge in [0.15, 0.2) is 11.5 Å². The summed E-state index contributed by atoms with van der Waals surface area (Å²) in [7, 11) is 1.53. The largest absolute Gasteiger partial charge is 0.453 e. The Bertz CT molecular complexity index is 516. The fraction of sp³-hybridized carbons (Fsp3) is 0.250. The third-order valence-electron chi connectivity index (χ3n) is 2.29. The molecule has 0 radical (unpaired) electrons. The van der Waals surface area contributed by atoms with Crippen molar-refractivity contribution in [3.63, 3.8) is 0 Å². The summed E-state index contributed by atoms with van der Waals surface area (Å²) < 4.78 is 23.0. The molecule has 1 aromatic carbocycles. The van der Waals surface area contributed by atoms with Gasteiger partial charge in [0.2, 0.25) is 0 Å². The topological polar surface area (TPSA) is 39.4 Å². The van der Waals surface area contributed by atoms with E-state index in [1.54, 1.807) is 6.07 Å². The highest BCUT2D eigenvalue weighted by Gasteiger charge is 2.12. The van der Waals surface area contributed by atoms with Crippen molar-refractivity contribution in [3.8, 4) is 0 Å². The van der Waals surface area contributed by atoms with E-state index in [4.69, 9.17) is 9.15 Å². The molecule has 84 valence electrons. The Morgan fingerprint density at radius 2 is 2.25 bits per heavy atom. The van der Waals surface area contributed by atoms with E-state index in [-0.39, 0.29) is 23.8 Å². The second kappa shape index (κ2) is 4.45. The summed E-state index contributed by atoms with van der Waals surface area (Å²) in [5.74, 6) is -0.236. The summed E-state index contributed by atoms with van der Waals surface area (Å²) >= 11 is 0. The van der Waals surface area contributed by atoms with E-state index in [1.807, 2.05) is 0 Å². The molecule has 0 fully saturated rings. The molecule has 0 amide bonds. The van der Waals surface area contributed by atoms with Crippen LogP contribution in [0.4, 0.5) is 4.39 Å². The van der Waals surface area contributed by atoms with Gasteiger partial charge in [-0.15, -0.1) is 0 Å². The minimum absolute atomic E-state index is 0.140. The minimum atomic E-state index is -0.343. The number of rotatable bonds is 4. The Morgan fingerprint density at radius 1 is 1.44 bits per heavy atom. The van der Waals surface area contributed by atoms with Crippen LogP contribution in [0.25, 0.3) is 11.0 Å². The van der Waals surface area contributed by atoms with Crippen molar-refractivity contribution in [1.82, 2.24) is 0 Å². The monoisotopic (exact) mass is 222 g/mol. The van der Waals surface area contributed by atoms with Crippen molar-refractivity contribution in [2.45, 2.75) is 6.42 Å². The van der Waals surface area contributed by atoms with E-state index in [0.29, 0.717) is 17.6 Å². The minimum Gasteiger partial charge on any atom is -0.453 e. The van der Waals surface area contributed by atoms with Crippen LogP contribution >= 0.6 is 0 Å². The highest BCUT2D eigenvalue weighted by atomic mass is 19.1. The quantitative estimate of drug-likeness (QED) is 0.747. The van der Waals surface area contributed by atoms with Gasteiger partial charge in [0, 0.05) is 18.9 Å². The molecule has 1 aromatic heterocycles. The van der Waals surface area contributed by atoms with Gasteiger partial charge in [-0.3, -0.25) is 4.79 Å². The second-order valence-electron chi connectivity index (χ2n) is 3.46. The van der Waals surface area contributed by atoms with Gasteiger partial charge in [0.05, 0.1) is 6.61 Å². The zero-order valence-electron chi connectivity index (χ0n) is 8.83. The molecular weight excluding hydrogens is 211 g/mol. The van der Waals surface area contributed by atoms with E-state index < -0.39 is 0 Å². The van der Waals surface area contributed by atoms with Gasteiger partial charge in [-0.05, 0) is 24.3 Å². The SMILES string of the molecule is COCCC(=O)c1cc2cc(F)ccc2o1. The Balaban J connectivity index is 2.28. The number of hydrogen-bond donors (Lipinski definition) is 0. The van der Waals surface area contributed by atoms with Crippen molar-refractivity contribution in [2.24, 2.45) is 0 Å². The van der Waals surface area contributed by atoms with E-state index in [2.05, 4.69) is 0 Å². The average molecular weight is 222 g/mol. The van der Waals surface area contributed by atoms with Gasteiger partial charge in [-0.25, -0.2) is 4.39 Å². The van der Waals surface area contributed by atoms with E-state index in [1.165, 1.54) is 25.3 Å². The van der Waals surface area contributed by atoms with Crippen LogP contribution in [-0.2, 0) is 4.74 Å². The third kappa shape index (κ3) is 2.12. The van der Waals surface area contributed by atoms with Gasteiger partial charge in [-0.2, -0.15) is 0 Å². The summed E-state index contributed by atoms with van der Waals surface area (Å²) in [6.07, 6.45) is 0.263. The van der Waals surface area contributed by atoms with Crippen LogP contribution in [0, 0.1) is 5.82 Å². The first-order valence-corrected chi connectivity index (χ1v) is 4.92. The Hall–Kier alpha value is -1.68. The maximum Gasteiger partial charge on any atom is 0.200 e. The summed E-state index contributed by atoms with van der Waals surface area (Å²) in [4.78, 5) is 11.6. The molecule has 0 saturated carbocycles. The number of Topliss-reactive ketones (excluding diaryl/α,β-unsaturated/α-hetero) is 1. The molecule has 0 aliphatic carbocycles. The molecular formula is C12H11FO3. The molecule has 0 N–H and O–H groups in total. The summed E-state index contributed by atoms with van der Waals surface area (Å²) in [5, 5.41) is 0.598. The van der Waals surface area contributed by atoms with Gasteiger partial charge in [0.1, 0.15) is 11.4 Å². The zero-order chi connectivity index (χ0) is 11.5. The lowest BCUT2D eigenvalue weighted by Gasteiger charge is -1.94. The lowest BCUT2D eigenvalue weighted by Crippen LogP contribution is -2.01. The smallest absolute Gasteiger partial charge is 0.200 e. The van der Waals surface area contributed by atoms with Crippen molar-refractivity contribution in [3.05, 3.63) is 35.8 Å². The molecule has 0 aliphatic rings. The maximum absolute atomic E-state index is 12.9. The molecule has 1 heterocycles. The van der Waals surface area contributed by atoms with Crippen LogP contribution in [0.1, 0.15) is 17.0 Å². The second-order valence-corrected chi connectivity index (χ2v) is 3.46. The van der Waals surface area contributed by atoms with Crippen LogP contribution in [0.2, 0.25) is 0 Å². The molecule has 2 aromatic rings. The van der Waals surface area contributed by atoms with E-state index in [0.717, 1.165) is 0 Å². The number of ketones is 1. The number of halogens is 1. The van der Waals surface area contributed by atoms with Gasteiger partial charge in [0.25, 0.3) is 0 Å². The molecule has 2 rings (SSSR count). The number of ether oxygens (including phenoxy) is 1. The molecule has 0 atom stereocenters. The number of fused-ring (bicyclic) bond motifs is 1. The fourth-order valence-electron chi connectivity index (χ4n) is 1.47. The van der Waals surface area contributed by atoms with Crippen molar-refractivity contribution >= 4 is 16.8 Å². The highest BCUT2D eigenvalue weighted by Crippen LogP contribution is 2.21. The molecule has 0 aliphatic heterocycles. The van der Waals surface area contributed by atoms with Crippen LogP contribution in [0.5, 0.6) is 0 Å². The van der Waals surface area contributed by atoms with Crippen molar-refractivity contribution in [1.29, 1.82) is 0 Å². The lowest BCUT2D eigenvalue weighted by molar-refractivity contribution is 0.0907. The van der Waals surface area contributed by atoms with Gasteiger partial charge >= 0.3 is 0 Å². The van der Waals surface area contributed by atoms with E-state index >= 15 is 0 Å². The Labute approximate surface area is 91.8 Å². The number of methoxy groups -OCH3 is 1. The van der Waals surface area contributed by atoms with Crippen molar-refractivity contribution in [2.75, 3.05) is 13.7 Å². The third-order valence-corrected chi connectivity index (χ3v) is 2.29. The van der Waals surface area contributed by atoms with Crippen molar-refractivity contribution < 1.29 is 18.3 Å².